The average molecular weight is 448 g/mol. The smallest absolute Gasteiger partial charge is 0.339 e. The van der Waals surface area contributed by atoms with Crippen LogP contribution in [0, 0.1) is 0 Å². The van der Waals surface area contributed by atoms with Crippen LogP contribution in [0.25, 0.3) is 21.9 Å². The number of hydrogen-bond acceptors (Lipinski definition) is 7. The number of anilines is 1. The monoisotopic (exact) mass is 447 g/mol. The number of rotatable bonds is 5. The molecule has 2 aliphatic rings. The molecule has 1 fully saturated rings. The number of carbonyl (C=O) groups is 1. The summed E-state index contributed by atoms with van der Waals surface area (Å²) in [5.74, 6) is 1.93. The van der Waals surface area contributed by atoms with E-state index in [1.807, 2.05) is 24.4 Å². The Morgan fingerprint density at radius 1 is 1.03 bits per heavy atom. The van der Waals surface area contributed by atoms with Crippen molar-refractivity contribution in [3.63, 3.8) is 0 Å². The SMILES string of the molecule is COc1cc2cc3c(c(-c4ccc(N5CCC(N(C)C)CC5)nc4)c2cc1OC)C(=O)OC3. The van der Waals surface area contributed by atoms with Crippen LogP contribution in [-0.2, 0) is 11.3 Å². The molecule has 3 aromatic rings. The summed E-state index contributed by atoms with van der Waals surface area (Å²) >= 11 is 0. The molecule has 0 saturated carbocycles. The molecule has 0 radical (unpaired) electrons. The Morgan fingerprint density at radius 3 is 2.39 bits per heavy atom. The lowest BCUT2D eigenvalue weighted by atomic mass is 9.91. The van der Waals surface area contributed by atoms with Crippen molar-refractivity contribution in [3.8, 4) is 22.6 Å². The van der Waals surface area contributed by atoms with Crippen LogP contribution in [0.4, 0.5) is 5.82 Å². The second-order valence-corrected chi connectivity index (χ2v) is 8.88. The number of nitrogens with zero attached hydrogens (tertiary/aromatic N) is 3. The fourth-order valence-corrected chi connectivity index (χ4v) is 4.98. The maximum Gasteiger partial charge on any atom is 0.339 e. The van der Waals surface area contributed by atoms with Gasteiger partial charge in [0, 0.05) is 42.0 Å². The number of piperidine rings is 1. The fraction of sp³-hybridized carbons (Fsp3) is 0.385. The highest BCUT2D eigenvalue weighted by atomic mass is 16.5. The Bertz CT molecular complexity index is 1200. The molecule has 7 heteroatoms. The molecule has 3 heterocycles. The van der Waals surface area contributed by atoms with Gasteiger partial charge >= 0.3 is 5.97 Å². The van der Waals surface area contributed by atoms with E-state index in [2.05, 4.69) is 36.0 Å². The standard InChI is InChI=1S/C26H29N3O4/c1-28(2)19-7-9-29(10-8-19)23-6-5-16(14-27-23)24-20-13-22(32-4)21(31-3)12-17(20)11-18-15-33-26(30)25(18)24/h5-6,11-14,19H,7-10,15H2,1-4H3. The number of pyridine rings is 1. The maximum absolute atomic E-state index is 12.7. The van der Waals surface area contributed by atoms with Crippen molar-refractivity contribution in [2.24, 2.45) is 0 Å². The van der Waals surface area contributed by atoms with Crippen molar-refractivity contribution < 1.29 is 19.0 Å². The minimum Gasteiger partial charge on any atom is -0.493 e. The second-order valence-electron chi connectivity index (χ2n) is 8.88. The summed E-state index contributed by atoms with van der Waals surface area (Å²) in [6.45, 7) is 2.25. The molecule has 5 rings (SSSR count). The first kappa shape index (κ1) is 21.5. The van der Waals surface area contributed by atoms with Crippen LogP contribution < -0.4 is 14.4 Å². The summed E-state index contributed by atoms with van der Waals surface area (Å²) in [5.41, 5.74) is 3.20. The second kappa shape index (κ2) is 8.56. The van der Waals surface area contributed by atoms with Gasteiger partial charge in [-0.2, -0.15) is 0 Å². The van der Waals surface area contributed by atoms with E-state index in [1.54, 1.807) is 14.2 Å². The van der Waals surface area contributed by atoms with E-state index in [0.29, 0.717) is 23.1 Å². The lowest BCUT2D eigenvalue weighted by Gasteiger charge is -2.35. The summed E-state index contributed by atoms with van der Waals surface area (Å²) < 4.78 is 16.4. The summed E-state index contributed by atoms with van der Waals surface area (Å²) in [6.07, 6.45) is 4.12. The van der Waals surface area contributed by atoms with Crippen LogP contribution in [-0.4, -0.2) is 63.3 Å². The third kappa shape index (κ3) is 3.76. The number of fused-ring (bicyclic) bond motifs is 2. The van der Waals surface area contributed by atoms with Gasteiger partial charge in [0.25, 0.3) is 0 Å². The van der Waals surface area contributed by atoms with E-state index in [4.69, 9.17) is 19.2 Å². The van der Waals surface area contributed by atoms with Crippen molar-refractivity contribution in [1.82, 2.24) is 9.88 Å². The molecule has 0 unspecified atom stereocenters. The molecular formula is C26H29N3O4. The molecule has 1 saturated heterocycles. The Hall–Kier alpha value is -3.32. The third-order valence-corrected chi connectivity index (χ3v) is 6.84. The van der Waals surface area contributed by atoms with Gasteiger partial charge in [0.1, 0.15) is 12.4 Å². The Labute approximate surface area is 193 Å². The lowest BCUT2D eigenvalue weighted by Crippen LogP contribution is -2.42. The molecule has 7 nitrogen and oxygen atoms in total. The highest BCUT2D eigenvalue weighted by Crippen LogP contribution is 2.42. The molecule has 0 bridgehead atoms. The zero-order chi connectivity index (χ0) is 23.1. The predicted molar refractivity (Wildman–Crippen MR) is 128 cm³/mol. The quantitative estimate of drug-likeness (QED) is 0.545. The molecule has 33 heavy (non-hydrogen) atoms. The highest BCUT2D eigenvalue weighted by molar-refractivity contribution is 6.11. The third-order valence-electron chi connectivity index (χ3n) is 6.84. The topological polar surface area (TPSA) is 64.1 Å². The van der Waals surface area contributed by atoms with Crippen molar-refractivity contribution >= 4 is 22.6 Å². The van der Waals surface area contributed by atoms with Crippen molar-refractivity contribution in [2.75, 3.05) is 46.3 Å². The van der Waals surface area contributed by atoms with Gasteiger partial charge in [0.15, 0.2) is 11.5 Å². The van der Waals surface area contributed by atoms with Gasteiger partial charge in [0.05, 0.1) is 19.8 Å². The Morgan fingerprint density at radius 2 is 1.76 bits per heavy atom. The van der Waals surface area contributed by atoms with Crippen LogP contribution in [0.15, 0.2) is 36.5 Å². The molecule has 0 aliphatic carbocycles. The van der Waals surface area contributed by atoms with Gasteiger partial charge < -0.3 is 24.0 Å². The summed E-state index contributed by atoms with van der Waals surface area (Å²) in [4.78, 5) is 22.1. The molecule has 0 atom stereocenters. The summed E-state index contributed by atoms with van der Waals surface area (Å²) in [6, 6.07) is 10.6. The van der Waals surface area contributed by atoms with E-state index in [1.165, 1.54) is 0 Å². The molecule has 2 aliphatic heterocycles. The first-order valence-corrected chi connectivity index (χ1v) is 11.3. The molecule has 0 N–H and O–H groups in total. The number of esters is 1. The van der Waals surface area contributed by atoms with Crippen LogP contribution >= 0.6 is 0 Å². The van der Waals surface area contributed by atoms with E-state index < -0.39 is 0 Å². The minimum atomic E-state index is -0.300. The van der Waals surface area contributed by atoms with Crippen molar-refractivity contribution in [1.29, 1.82) is 0 Å². The minimum absolute atomic E-state index is 0.276. The van der Waals surface area contributed by atoms with Gasteiger partial charge in [-0.25, -0.2) is 9.78 Å². The Balaban J connectivity index is 1.57. The van der Waals surface area contributed by atoms with E-state index >= 15 is 0 Å². The number of aromatic nitrogens is 1. The first-order valence-electron chi connectivity index (χ1n) is 11.3. The van der Waals surface area contributed by atoms with Crippen molar-refractivity contribution in [3.05, 3.63) is 47.7 Å². The molecule has 172 valence electrons. The first-order chi connectivity index (χ1) is 16.0. The maximum atomic E-state index is 12.7. The van der Waals surface area contributed by atoms with Crippen LogP contribution in [0.1, 0.15) is 28.8 Å². The number of carbonyl (C=O) groups excluding carboxylic acids is 1. The zero-order valence-electron chi connectivity index (χ0n) is 19.6. The number of hydrogen-bond donors (Lipinski definition) is 0. The molecule has 0 spiro atoms. The van der Waals surface area contributed by atoms with Gasteiger partial charge in [-0.15, -0.1) is 0 Å². The van der Waals surface area contributed by atoms with Crippen LogP contribution in [0.2, 0.25) is 0 Å². The van der Waals surface area contributed by atoms with E-state index in [0.717, 1.165) is 59.2 Å². The normalized spacial score (nSPS) is 16.3. The molecule has 0 amide bonds. The predicted octanol–water partition coefficient (Wildman–Crippen LogP) is 4.12. The highest BCUT2D eigenvalue weighted by Gasteiger charge is 2.29. The van der Waals surface area contributed by atoms with Gasteiger partial charge in [0.2, 0.25) is 0 Å². The number of ether oxygens (including phenoxy) is 3. The molecular weight excluding hydrogens is 418 g/mol. The molecule has 1 aromatic heterocycles. The zero-order valence-corrected chi connectivity index (χ0v) is 19.6. The average Bonchev–Trinajstić information content (AvgIpc) is 3.21. The van der Waals surface area contributed by atoms with E-state index in [-0.39, 0.29) is 12.6 Å². The van der Waals surface area contributed by atoms with E-state index in [9.17, 15) is 4.79 Å². The number of benzene rings is 2. The molecule has 2 aromatic carbocycles. The summed E-state index contributed by atoms with van der Waals surface area (Å²) in [7, 11) is 7.52. The Kier molecular flexibility index (Phi) is 5.58. The van der Waals surface area contributed by atoms with Gasteiger partial charge in [-0.3, -0.25) is 0 Å². The summed E-state index contributed by atoms with van der Waals surface area (Å²) in [5, 5.41) is 1.88. The number of cyclic esters (lactones) is 1. The number of methoxy groups -OCH3 is 2. The van der Waals surface area contributed by atoms with Gasteiger partial charge in [-0.05, 0) is 68.0 Å². The fourth-order valence-electron chi connectivity index (χ4n) is 4.98. The van der Waals surface area contributed by atoms with Gasteiger partial charge in [-0.1, -0.05) is 0 Å². The van der Waals surface area contributed by atoms with Crippen LogP contribution in [0.3, 0.4) is 0 Å². The van der Waals surface area contributed by atoms with Crippen molar-refractivity contribution in [2.45, 2.75) is 25.5 Å². The lowest BCUT2D eigenvalue weighted by molar-refractivity contribution is 0.0535. The van der Waals surface area contributed by atoms with Crippen LogP contribution in [0.5, 0.6) is 11.5 Å². The largest absolute Gasteiger partial charge is 0.493 e.